The summed E-state index contributed by atoms with van der Waals surface area (Å²) in [6.45, 7) is 0.959. The summed E-state index contributed by atoms with van der Waals surface area (Å²) in [5.41, 5.74) is 0.866. The fourth-order valence-electron chi connectivity index (χ4n) is 2.35. The third-order valence-corrected chi connectivity index (χ3v) is 3.84. The van der Waals surface area contributed by atoms with Crippen molar-refractivity contribution in [3.63, 3.8) is 0 Å². The van der Waals surface area contributed by atoms with E-state index in [1.54, 1.807) is 12.1 Å². The molecule has 94 valence electrons. The van der Waals surface area contributed by atoms with Gasteiger partial charge in [0.1, 0.15) is 5.82 Å². The van der Waals surface area contributed by atoms with Gasteiger partial charge in [0, 0.05) is 23.6 Å². The zero-order valence-corrected chi connectivity index (χ0v) is 11.4. The predicted molar refractivity (Wildman–Crippen MR) is 73.0 cm³/mol. The van der Waals surface area contributed by atoms with Gasteiger partial charge in [-0.3, -0.25) is 0 Å². The Hall–Kier alpha value is -1.06. The van der Waals surface area contributed by atoms with Crippen LogP contribution in [0.25, 0.3) is 11.4 Å². The summed E-state index contributed by atoms with van der Waals surface area (Å²) in [4.78, 5) is 0. The molecule has 0 saturated heterocycles. The van der Waals surface area contributed by atoms with Gasteiger partial charge in [-0.1, -0.05) is 29.6 Å². The summed E-state index contributed by atoms with van der Waals surface area (Å²) in [6.07, 6.45) is 4.58. The maximum atomic E-state index is 6.23. The van der Waals surface area contributed by atoms with Gasteiger partial charge in [-0.25, -0.2) is 0 Å². The largest absolute Gasteiger partial charge is 0.311 e. The van der Waals surface area contributed by atoms with Crippen LogP contribution in [0.4, 0.5) is 0 Å². The molecule has 5 heteroatoms. The average molecular weight is 282 g/mol. The van der Waals surface area contributed by atoms with Crippen molar-refractivity contribution in [2.24, 2.45) is 0 Å². The summed E-state index contributed by atoms with van der Waals surface area (Å²) in [5, 5.41) is 9.89. The van der Waals surface area contributed by atoms with Crippen molar-refractivity contribution < 1.29 is 0 Å². The number of halogens is 2. The molecule has 18 heavy (non-hydrogen) atoms. The van der Waals surface area contributed by atoms with Gasteiger partial charge >= 0.3 is 0 Å². The molecular formula is C13H13Cl2N3. The van der Waals surface area contributed by atoms with E-state index >= 15 is 0 Å². The van der Waals surface area contributed by atoms with Crippen molar-refractivity contribution in [2.75, 3.05) is 0 Å². The lowest BCUT2D eigenvalue weighted by Crippen LogP contribution is -2.03. The van der Waals surface area contributed by atoms with Gasteiger partial charge in [0.05, 0.1) is 5.02 Å². The van der Waals surface area contributed by atoms with Gasteiger partial charge in [-0.05, 0) is 31.0 Å². The van der Waals surface area contributed by atoms with Gasteiger partial charge in [-0.15, -0.1) is 10.2 Å². The Bertz CT molecular complexity index is 578. The minimum absolute atomic E-state index is 0.666. The molecule has 2 heterocycles. The zero-order chi connectivity index (χ0) is 12.5. The van der Waals surface area contributed by atoms with Gasteiger partial charge in [-0.2, -0.15) is 0 Å². The van der Waals surface area contributed by atoms with E-state index in [1.165, 1.54) is 12.8 Å². The van der Waals surface area contributed by atoms with E-state index in [4.69, 9.17) is 23.2 Å². The van der Waals surface area contributed by atoms with Crippen LogP contribution in [-0.2, 0) is 13.0 Å². The Labute approximate surface area is 116 Å². The molecule has 3 nitrogen and oxygen atoms in total. The van der Waals surface area contributed by atoms with Crippen LogP contribution in [0.5, 0.6) is 0 Å². The quantitative estimate of drug-likeness (QED) is 0.792. The molecule has 0 unspecified atom stereocenters. The molecule has 1 aliphatic rings. The number of hydrogen-bond donors (Lipinski definition) is 0. The van der Waals surface area contributed by atoms with Gasteiger partial charge in [0.25, 0.3) is 0 Å². The molecule has 0 amide bonds. The molecule has 1 aliphatic heterocycles. The van der Waals surface area contributed by atoms with Crippen molar-refractivity contribution in [3.8, 4) is 11.4 Å². The van der Waals surface area contributed by atoms with Gasteiger partial charge in [0.2, 0.25) is 0 Å². The van der Waals surface area contributed by atoms with Crippen LogP contribution in [0.1, 0.15) is 25.1 Å². The summed E-state index contributed by atoms with van der Waals surface area (Å²) < 4.78 is 2.17. The van der Waals surface area contributed by atoms with E-state index in [0.717, 1.165) is 36.6 Å². The maximum Gasteiger partial charge on any atom is 0.165 e. The van der Waals surface area contributed by atoms with Crippen LogP contribution in [0.3, 0.4) is 0 Å². The predicted octanol–water partition coefficient (Wildman–Crippen LogP) is 3.98. The smallest absolute Gasteiger partial charge is 0.165 e. The summed E-state index contributed by atoms with van der Waals surface area (Å²) in [5.74, 6) is 1.89. The fourth-order valence-corrected chi connectivity index (χ4v) is 2.73. The molecule has 2 aromatic rings. The fraction of sp³-hybridized carbons (Fsp3) is 0.385. The second kappa shape index (κ2) is 4.90. The molecule has 0 fully saturated rings. The van der Waals surface area contributed by atoms with Crippen molar-refractivity contribution in [1.82, 2.24) is 14.8 Å². The van der Waals surface area contributed by atoms with Crippen molar-refractivity contribution >= 4 is 23.2 Å². The van der Waals surface area contributed by atoms with Gasteiger partial charge in [0.15, 0.2) is 5.82 Å². The molecule has 0 aliphatic carbocycles. The summed E-state index contributed by atoms with van der Waals surface area (Å²) in [7, 11) is 0. The first-order valence-electron chi connectivity index (χ1n) is 6.13. The first-order valence-corrected chi connectivity index (χ1v) is 6.89. The SMILES string of the molecule is Clc1ccc(Cl)c(-c2nnc3n2CCCCC3)c1. The second-order valence-electron chi connectivity index (χ2n) is 4.53. The van der Waals surface area contributed by atoms with Crippen molar-refractivity contribution in [3.05, 3.63) is 34.1 Å². The third kappa shape index (κ3) is 2.13. The topological polar surface area (TPSA) is 30.7 Å². The average Bonchev–Trinajstić information content (AvgIpc) is 2.61. The Morgan fingerprint density at radius 3 is 2.83 bits per heavy atom. The lowest BCUT2D eigenvalue weighted by molar-refractivity contribution is 0.636. The minimum Gasteiger partial charge on any atom is -0.311 e. The number of nitrogens with zero attached hydrogens (tertiary/aromatic N) is 3. The molecule has 0 N–H and O–H groups in total. The number of benzene rings is 1. The molecule has 3 rings (SSSR count). The maximum absolute atomic E-state index is 6.23. The van der Waals surface area contributed by atoms with E-state index < -0.39 is 0 Å². The van der Waals surface area contributed by atoms with E-state index in [1.807, 2.05) is 6.07 Å². The van der Waals surface area contributed by atoms with Crippen molar-refractivity contribution in [2.45, 2.75) is 32.2 Å². The Balaban J connectivity index is 2.12. The summed E-state index contributed by atoms with van der Waals surface area (Å²) >= 11 is 12.3. The Kier molecular flexibility index (Phi) is 3.27. The lowest BCUT2D eigenvalue weighted by atomic mass is 10.2. The van der Waals surface area contributed by atoms with Gasteiger partial charge < -0.3 is 4.57 Å². The lowest BCUT2D eigenvalue weighted by Gasteiger charge is -2.08. The Morgan fingerprint density at radius 2 is 1.94 bits per heavy atom. The molecule has 0 radical (unpaired) electrons. The van der Waals surface area contributed by atoms with Crippen LogP contribution >= 0.6 is 23.2 Å². The third-order valence-electron chi connectivity index (χ3n) is 3.28. The zero-order valence-electron chi connectivity index (χ0n) is 9.87. The standard InChI is InChI=1S/C13H13Cl2N3/c14-9-5-6-11(15)10(8-9)13-17-16-12-4-2-1-3-7-18(12)13/h5-6,8H,1-4,7H2. The number of rotatable bonds is 1. The highest BCUT2D eigenvalue weighted by Gasteiger charge is 2.17. The number of aryl methyl sites for hydroxylation is 1. The van der Waals surface area contributed by atoms with E-state index in [0.29, 0.717) is 10.0 Å². The highest BCUT2D eigenvalue weighted by atomic mass is 35.5. The Morgan fingerprint density at radius 1 is 1.06 bits per heavy atom. The highest BCUT2D eigenvalue weighted by molar-refractivity contribution is 6.35. The normalized spacial score (nSPS) is 15.2. The van der Waals surface area contributed by atoms with Crippen LogP contribution in [-0.4, -0.2) is 14.8 Å². The van der Waals surface area contributed by atoms with Crippen LogP contribution in [0.15, 0.2) is 18.2 Å². The molecule has 1 aromatic carbocycles. The monoisotopic (exact) mass is 281 g/mol. The number of fused-ring (bicyclic) bond motifs is 1. The second-order valence-corrected chi connectivity index (χ2v) is 5.37. The molecular weight excluding hydrogens is 269 g/mol. The summed E-state index contributed by atoms with van der Waals surface area (Å²) in [6, 6.07) is 5.44. The van der Waals surface area contributed by atoms with Crippen molar-refractivity contribution in [1.29, 1.82) is 0 Å². The number of aromatic nitrogens is 3. The molecule has 0 bridgehead atoms. The van der Waals surface area contributed by atoms with E-state index in [-0.39, 0.29) is 0 Å². The first kappa shape index (κ1) is 12.0. The molecule has 1 aromatic heterocycles. The molecule has 0 spiro atoms. The molecule has 0 saturated carbocycles. The van der Waals surface area contributed by atoms with Crippen LogP contribution < -0.4 is 0 Å². The van der Waals surface area contributed by atoms with Crippen LogP contribution in [0, 0.1) is 0 Å². The number of hydrogen-bond acceptors (Lipinski definition) is 2. The molecule has 0 atom stereocenters. The van der Waals surface area contributed by atoms with Crippen LogP contribution in [0.2, 0.25) is 10.0 Å². The van der Waals surface area contributed by atoms with E-state index in [2.05, 4.69) is 14.8 Å². The minimum atomic E-state index is 0.666. The highest BCUT2D eigenvalue weighted by Crippen LogP contribution is 2.30. The van der Waals surface area contributed by atoms with E-state index in [9.17, 15) is 0 Å². The first-order chi connectivity index (χ1) is 8.75.